The number of hydrogen-bond donors (Lipinski definition) is 2. The Hall–Kier alpha value is -1.06. The Morgan fingerprint density at radius 3 is 2.65 bits per heavy atom. The molecule has 0 aromatic heterocycles. The minimum absolute atomic E-state index is 0.434. The van der Waals surface area contributed by atoms with Crippen molar-refractivity contribution in [1.82, 2.24) is 5.32 Å². The van der Waals surface area contributed by atoms with Crippen molar-refractivity contribution in [2.24, 2.45) is 0 Å². The van der Waals surface area contributed by atoms with Gasteiger partial charge in [-0.15, -0.1) is 0 Å². The number of hydrogen-bond acceptors (Lipinski definition) is 3. The van der Waals surface area contributed by atoms with Gasteiger partial charge in [0.1, 0.15) is 5.75 Å². The smallest absolute Gasteiger partial charge is 0.121 e. The van der Waals surface area contributed by atoms with E-state index in [9.17, 15) is 5.11 Å². The van der Waals surface area contributed by atoms with Crippen LogP contribution in [0.5, 0.6) is 5.75 Å². The summed E-state index contributed by atoms with van der Waals surface area (Å²) in [6.07, 6.45) is 0.600. The van der Waals surface area contributed by atoms with Gasteiger partial charge >= 0.3 is 0 Å². The van der Waals surface area contributed by atoms with E-state index in [4.69, 9.17) is 4.74 Å². The third kappa shape index (κ3) is 4.02. The summed E-state index contributed by atoms with van der Waals surface area (Å²) in [5.74, 6) is 0.857. The topological polar surface area (TPSA) is 41.5 Å². The molecule has 0 aliphatic carbocycles. The lowest BCUT2D eigenvalue weighted by atomic mass is 10.1. The van der Waals surface area contributed by atoms with Crippen LogP contribution in [-0.2, 0) is 0 Å². The summed E-state index contributed by atoms with van der Waals surface area (Å²) >= 11 is 0. The number of aliphatic hydroxyl groups is 1. The highest BCUT2D eigenvalue weighted by Gasteiger charge is 2.10. The van der Waals surface area contributed by atoms with Crippen LogP contribution >= 0.6 is 0 Å². The number of aryl methyl sites for hydroxylation is 1. The predicted octanol–water partition coefficient (Wildman–Crippen LogP) is 2.43. The standard InChI is InChI=1S/C14H23NO2/c1-5-11(3)15-9-13(16)12-6-7-14(17-4)10(2)8-12/h6-8,11,13,15-16H,5,9H2,1-4H3. The second-order valence-electron chi connectivity index (χ2n) is 4.46. The molecule has 0 fully saturated rings. The number of nitrogens with one attached hydrogen (secondary N) is 1. The van der Waals surface area contributed by atoms with E-state index in [1.54, 1.807) is 7.11 Å². The summed E-state index contributed by atoms with van der Waals surface area (Å²) in [7, 11) is 1.66. The molecule has 2 N–H and O–H groups in total. The quantitative estimate of drug-likeness (QED) is 0.798. The van der Waals surface area contributed by atoms with E-state index in [1.165, 1.54) is 0 Å². The average molecular weight is 237 g/mol. The summed E-state index contributed by atoms with van der Waals surface area (Å²) in [6.45, 7) is 6.81. The van der Waals surface area contributed by atoms with E-state index < -0.39 is 6.10 Å². The Balaban J connectivity index is 2.63. The highest BCUT2D eigenvalue weighted by molar-refractivity contribution is 5.37. The van der Waals surface area contributed by atoms with Crippen LogP contribution in [0.4, 0.5) is 0 Å². The van der Waals surface area contributed by atoms with Crippen molar-refractivity contribution in [2.75, 3.05) is 13.7 Å². The van der Waals surface area contributed by atoms with Crippen LogP contribution in [0.2, 0.25) is 0 Å². The monoisotopic (exact) mass is 237 g/mol. The zero-order valence-corrected chi connectivity index (χ0v) is 11.2. The number of ether oxygens (including phenoxy) is 1. The van der Waals surface area contributed by atoms with Crippen LogP contribution in [0.15, 0.2) is 18.2 Å². The van der Waals surface area contributed by atoms with Crippen molar-refractivity contribution in [3.8, 4) is 5.75 Å². The van der Waals surface area contributed by atoms with E-state index >= 15 is 0 Å². The summed E-state index contributed by atoms with van der Waals surface area (Å²) in [5.41, 5.74) is 1.98. The molecule has 1 rings (SSSR count). The second kappa shape index (κ2) is 6.62. The first-order valence-corrected chi connectivity index (χ1v) is 6.14. The fraction of sp³-hybridized carbons (Fsp3) is 0.571. The van der Waals surface area contributed by atoms with Crippen LogP contribution in [0.25, 0.3) is 0 Å². The molecule has 0 heterocycles. The van der Waals surface area contributed by atoms with Gasteiger partial charge in [0.05, 0.1) is 13.2 Å². The van der Waals surface area contributed by atoms with Crippen molar-refractivity contribution >= 4 is 0 Å². The minimum Gasteiger partial charge on any atom is -0.496 e. The molecule has 96 valence electrons. The molecule has 2 unspecified atom stereocenters. The molecule has 0 spiro atoms. The molecule has 2 atom stereocenters. The van der Waals surface area contributed by atoms with E-state index in [0.29, 0.717) is 12.6 Å². The van der Waals surface area contributed by atoms with Crippen LogP contribution in [0.3, 0.4) is 0 Å². The lowest BCUT2D eigenvalue weighted by Gasteiger charge is -2.17. The van der Waals surface area contributed by atoms with Gasteiger partial charge in [-0.1, -0.05) is 13.0 Å². The van der Waals surface area contributed by atoms with Crippen molar-refractivity contribution < 1.29 is 9.84 Å². The Morgan fingerprint density at radius 1 is 1.41 bits per heavy atom. The number of methoxy groups -OCH3 is 1. The molecule has 1 aromatic carbocycles. The van der Waals surface area contributed by atoms with Gasteiger partial charge in [0.25, 0.3) is 0 Å². The van der Waals surface area contributed by atoms with Crippen molar-refractivity contribution in [3.63, 3.8) is 0 Å². The zero-order chi connectivity index (χ0) is 12.8. The molecule has 0 saturated heterocycles. The molecule has 1 aromatic rings. The summed E-state index contributed by atoms with van der Waals surface area (Å²) in [6, 6.07) is 6.22. The fourth-order valence-electron chi connectivity index (χ4n) is 1.68. The largest absolute Gasteiger partial charge is 0.496 e. The molecular weight excluding hydrogens is 214 g/mol. The molecule has 3 heteroatoms. The zero-order valence-electron chi connectivity index (χ0n) is 11.2. The molecule has 0 aliphatic heterocycles. The maximum atomic E-state index is 10.0. The van der Waals surface area contributed by atoms with Crippen LogP contribution in [-0.4, -0.2) is 24.8 Å². The lowest BCUT2D eigenvalue weighted by Crippen LogP contribution is -2.29. The average Bonchev–Trinajstić information content (AvgIpc) is 2.35. The van der Waals surface area contributed by atoms with Gasteiger partial charge < -0.3 is 15.2 Å². The van der Waals surface area contributed by atoms with Crippen LogP contribution in [0, 0.1) is 6.92 Å². The van der Waals surface area contributed by atoms with Gasteiger partial charge in [0, 0.05) is 12.6 Å². The summed E-state index contributed by atoms with van der Waals surface area (Å²) in [4.78, 5) is 0. The molecule has 0 radical (unpaired) electrons. The number of aliphatic hydroxyl groups excluding tert-OH is 1. The molecule has 0 saturated carbocycles. The Labute approximate surface area is 104 Å². The number of rotatable bonds is 6. The maximum Gasteiger partial charge on any atom is 0.121 e. The first-order valence-electron chi connectivity index (χ1n) is 6.14. The normalized spacial score (nSPS) is 14.4. The molecule has 0 aliphatic rings. The molecular formula is C14H23NO2. The first-order chi connectivity index (χ1) is 8.08. The molecule has 3 nitrogen and oxygen atoms in total. The van der Waals surface area contributed by atoms with Gasteiger partial charge in [0.15, 0.2) is 0 Å². The highest BCUT2D eigenvalue weighted by Crippen LogP contribution is 2.22. The fourth-order valence-corrected chi connectivity index (χ4v) is 1.68. The molecule has 0 bridgehead atoms. The van der Waals surface area contributed by atoms with E-state index in [-0.39, 0.29) is 0 Å². The van der Waals surface area contributed by atoms with Gasteiger partial charge in [-0.05, 0) is 43.5 Å². The third-order valence-corrected chi connectivity index (χ3v) is 3.08. The van der Waals surface area contributed by atoms with E-state index in [2.05, 4.69) is 19.2 Å². The van der Waals surface area contributed by atoms with Crippen molar-refractivity contribution in [2.45, 2.75) is 39.3 Å². The third-order valence-electron chi connectivity index (χ3n) is 3.08. The number of benzene rings is 1. The van der Waals surface area contributed by atoms with Gasteiger partial charge in [0.2, 0.25) is 0 Å². The molecule has 0 amide bonds. The van der Waals surface area contributed by atoms with Crippen molar-refractivity contribution in [1.29, 1.82) is 0 Å². The minimum atomic E-state index is -0.464. The van der Waals surface area contributed by atoms with E-state index in [1.807, 2.05) is 25.1 Å². The van der Waals surface area contributed by atoms with Gasteiger partial charge in [-0.2, -0.15) is 0 Å². The van der Waals surface area contributed by atoms with Gasteiger partial charge in [-0.25, -0.2) is 0 Å². The van der Waals surface area contributed by atoms with Crippen LogP contribution in [0.1, 0.15) is 37.5 Å². The Morgan fingerprint density at radius 2 is 2.12 bits per heavy atom. The summed E-state index contributed by atoms with van der Waals surface area (Å²) in [5, 5.41) is 13.3. The van der Waals surface area contributed by atoms with Crippen molar-refractivity contribution in [3.05, 3.63) is 29.3 Å². The maximum absolute atomic E-state index is 10.0. The second-order valence-corrected chi connectivity index (χ2v) is 4.46. The van der Waals surface area contributed by atoms with Crippen LogP contribution < -0.4 is 10.1 Å². The van der Waals surface area contributed by atoms with Gasteiger partial charge in [-0.3, -0.25) is 0 Å². The highest BCUT2D eigenvalue weighted by atomic mass is 16.5. The predicted molar refractivity (Wildman–Crippen MR) is 70.4 cm³/mol. The van der Waals surface area contributed by atoms with E-state index in [0.717, 1.165) is 23.3 Å². The summed E-state index contributed by atoms with van der Waals surface area (Å²) < 4.78 is 5.20. The Bertz CT molecular complexity index is 352. The SMILES string of the molecule is CCC(C)NCC(O)c1ccc(OC)c(C)c1. The Kier molecular flexibility index (Phi) is 5.45. The first kappa shape index (κ1) is 14.0. The molecule has 17 heavy (non-hydrogen) atoms. The lowest BCUT2D eigenvalue weighted by molar-refractivity contribution is 0.170.